The van der Waals surface area contributed by atoms with Gasteiger partial charge in [-0.1, -0.05) is 88.0 Å². The first-order chi connectivity index (χ1) is 21.6. The van der Waals surface area contributed by atoms with Crippen molar-refractivity contribution >= 4 is 24.7 Å². The molecular formula is C36H50O8Si. The monoisotopic (exact) mass is 638 g/mol. The van der Waals surface area contributed by atoms with Crippen molar-refractivity contribution in [1.29, 1.82) is 0 Å². The highest BCUT2D eigenvalue weighted by Crippen LogP contribution is 2.64. The second-order valence-electron chi connectivity index (χ2n) is 13.0. The number of esters is 1. The molecule has 1 unspecified atom stereocenters. The molecule has 246 valence electrons. The maximum atomic E-state index is 13.5. The Kier molecular flexibility index (Phi) is 12.0. The number of hydrogen-bond donors (Lipinski definition) is 1. The molecule has 2 aliphatic rings. The van der Waals surface area contributed by atoms with E-state index in [4.69, 9.17) is 28.1 Å². The number of benzene rings is 2. The Morgan fingerprint density at radius 3 is 2.04 bits per heavy atom. The van der Waals surface area contributed by atoms with E-state index in [1.165, 1.54) is 7.11 Å². The average molecular weight is 639 g/mol. The highest BCUT2D eigenvalue weighted by atomic mass is 28.4. The van der Waals surface area contributed by atoms with Gasteiger partial charge in [-0.2, -0.15) is 0 Å². The third-order valence-electron chi connectivity index (χ3n) is 9.67. The number of methoxy groups -OCH3 is 3. The van der Waals surface area contributed by atoms with E-state index in [9.17, 15) is 9.90 Å². The van der Waals surface area contributed by atoms with Crippen LogP contribution in [0.3, 0.4) is 0 Å². The summed E-state index contributed by atoms with van der Waals surface area (Å²) in [6.45, 7) is 12.2. The minimum Gasteiger partial charge on any atom is -0.466 e. The number of aliphatic hydroxyl groups is 1. The van der Waals surface area contributed by atoms with Crippen LogP contribution in [-0.2, 0) is 32.9 Å². The third kappa shape index (κ3) is 6.76. The molecule has 2 fully saturated rings. The van der Waals surface area contributed by atoms with E-state index in [-0.39, 0.29) is 43.7 Å². The highest BCUT2D eigenvalue weighted by molar-refractivity contribution is 6.99. The van der Waals surface area contributed by atoms with Crippen molar-refractivity contribution in [3.63, 3.8) is 0 Å². The molecule has 0 aliphatic heterocycles. The van der Waals surface area contributed by atoms with Crippen LogP contribution in [0.4, 0.5) is 0 Å². The van der Waals surface area contributed by atoms with Crippen LogP contribution < -0.4 is 10.4 Å². The second kappa shape index (κ2) is 15.3. The fraction of sp³-hybridized carbons (Fsp3) is 0.528. The van der Waals surface area contributed by atoms with Gasteiger partial charge in [0.25, 0.3) is 8.32 Å². The fourth-order valence-corrected chi connectivity index (χ4v) is 12.4. The second-order valence-corrected chi connectivity index (χ2v) is 17.3. The Hall–Kier alpha value is -2.63. The Morgan fingerprint density at radius 2 is 1.51 bits per heavy atom. The molecule has 0 saturated heterocycles. The molecule has 4 atom stereocenters. The molecule has 8 nitrogen and oxygen atoms in total. The van der Waals surface area contributed by atoms with Gasteiger partial charge in [-0.15, -0.1) is 0 Å². The standard InChI is InChI=1S/C36H50O8Si/c1-26(22-42-24-39-5)36(23-43-25-40-6)30-18-19-31(36)33(37)32(30)29(34(38)41-7)20-21-44-45(35(2,3)4,27-14-10-8-11-15-27)28-16-12-9-13-17-28/h8-17,30-31,33,37H,1,18-25H2,2-7H3/b32-29-/t30-,31+,33+,36?/m1/s1. The molecular weight excluding hydrogens is 588 g/mol. The Morgan fingerprint density at radius 1 is 0.933 bits per heavy atom. The zero-order valence-corrected chi connectivity index (χ0v) is 28.7. The molecule has 2 aromatic rings. The van der Waals surface area contributed by atoms with Crippen molar-refractivity contribution in [3.05, 3.63) is 84.0 Å². The van der Waals surface area contributed by atoms with E-state index in [1.54, 1.807) is 14.2 Å². The molecule has 2 saturated carbocycles. The van der Waals surface area contributed by atoms with Gasteiger partial charge in [0.15, 0.2) is 0 Å². The third-order valence-corrected chi connectivity index (χ3v) is 14.7. The highest BCUT2D eigenvalue weighted by Gasteiger charge is 2.63. The van der Waals surface area contributed by atoms with E-state index in [0.29, 0.717) is 24.2 Å². The number of fused-ring (bicyclic) bond motifs is 2. The van der Waals surface area contributed by atoms with E-state index >= 15 is 0 Å². The first kappa shape index (κ1) is 35.2. The number of rotatable bonds is 16. The predicted octanol–water partition coefficient (Wildman–Crippen LogP) is 4.61. The van der Waals surface area contributed by atoms with Gasteiger partial charge in [0.1, 0.15) is 13.6 Å². The summed E-state index contributed by atoms with van der Waals surface area (Å²) >= 11 is 0. The Balaban J connectivity index is 1.74. The molecule has 2 bridgehead atoms. The van der Waals surface area contributed by atoms with Gasteiger partial charge < -0.3 is 33.2 Å². The Labute approximate surface area is 269 Å². The van der Waals surface area contributed by atoms with Crippen LogP contribution in [-0.4, -0.2) is 80.2 Å². The summed E-state index contributed by atoms with van der Waals surface area (Å²) in [5.41, 5.74) is 1.36. The normalized spacial score (nSPS) is 24.1. The number of hydrogen-bond acceptors (Lipinski definition) is 8. The summed E-state index contributed by atoms with van der Waals surface area (Å²) in [5, 5.41) is 14.0. The first-order valence-corrected chi connectivity index (χ1v) is 17.6. The molecule has 2 aromatic carbocycles. The zero-order valence-electron chi connectivity index (χ0n) is 27.7. The number of carbonyl (C=O) groups is 1. The number of aliphatic hydroxyl groups excluding tert-OH is 1. The van der Waals surface area contributed by atoms with E-state index in [0.717, 1.165) is 28.8 Å². The van der Waals surface area contributed by atoms with Gasteiger partial charge in [0, 0.05) is 44.2 Å². The number of ether oxygens (including phenoxy) is 5. The molecule has 2 aliphatic carbocycles. The average Bonchev–Trinajstić information content (AvgIpc) is 3.52. The van der Waals surface area contributed by atoms with Gasteiger partial charge in [-0.25, -0.2) is 4.79 Å². The maximum Gasteiger partial charge on any atom is 0.333 e. The topological polar surface area (TPSA) is 92.7 Å². The van der Waals surface area contributed by atoms with Gasteiger partial charge in [-0.05, 0) is 45.3 Å². The van der Waals surface area contributed by atoms with E-state index < -0.39 is 25.8 Å². The SMILES string of the molecule is C=C(COCOC)C1(COCOC)[C@@H]2CC[C@H]1[C@H](O)/C2=C(/CCO[Si](c1ccccc1)(c1ccccc1)C(C)(C)C)C(=O)OC. The molecule has 0 heterocycles. The first-order valence-electron chi connectivity index (χ1n) is 15.7. The predicted molar refractivity (Wildman–Crippen MR) is 177 cm³/mol. The van der Waals surface area contributed by atoms with Gasteiger partial charge in [0.05, 0.1) is 26.4 Å². The summed E-state index contributed by atoms with van der Waals surface area (Å²) in [7, 11) is 1.70. The van der Waals surface area contributed by atoms with Crippen molar-refractivity contribution in [1.82, 2.24) is 0 Å². The fourth-order valence-electron chi connectivity index (χ4n) is 7.85. The van der Waals surface area contributed by atoms with Gasteiger partial charge in [0.2, 0.25) is 0 Å². The number of carbonyl (C=O) groups excluding carboxylic acids is 1. The summed E-state index contributed by atoms with van der Waals surface area (Å²) in [6, 6.07) is 20.8. The molecule has 0 radical (unpaired) electrons. The summed E-state index contributed by atoms with van der Waals surface area (Å²) < 4.78 is 34.4. The summed E-state index contributed by atoms with van der Waals surface area (Å²) in [6.07, 6.45) is 1.01. The lowest BCUT2D eigenvalue weighted by Gasteiger charge is -2.43. The van der Waals surface area contributed by atoms with Crippen molar-refractivity contribution in [2.75, 3.05) is 54.7 Å². The van der Waals surface area contributed by atoms with Crippen molar-refractivity contribution in [3.8, 4) is 0 Å². The summed E-state index contributed by atoms with van der Waals surface area (Å²) in [5.74, 6) is -0.809. The largest absolute Gasteiger partial charge is 0.466 e. The lowest BCUT2D eigenvalue weighted by atomic mass is 9.71. The lowest BCUT2D eigenvalue weighted by molar-refractivity contribution is -0.136. The molecule has 1 N–H and O–H groups in total. The van der Waals surface area contributed by atoms with Crippen LogP contribution in [0.5, 0.6) is 0 Å². The van der Waals surface area contributed by atoms with Crippen LogP contribution in [0.2, 0.25) is 5.04 Å². The minimum atomic E-state index is -2.83. The van der Waals surface area contributed by atoms with Gasteiger partial charge in [-0.3, -0.25) is 0 Å². The maximum absolute atomic E-state index is 13.5. The van der Waals surface area contributed by atoms with Crippen molar-refractivity contribution in [2.45, 2.75) is 51.2 Å². The molecule has 0 spiro atoms. The minimum absolute atomic E-state index is 0.110. The Bertz CT molecular complexity index is 1270. The summed E-state index contributed by atoms with van der Waals surface area (Å²) in [4.78, 5) is 13.5. The van der Waals surface area contributed by atoms with Crippen LogP contribution >= 0.6 is 0 Å². The zero-order chi connectivity index (χ0) is 32.7. The van der Waals surface area contributed by atoms with Crippen LogP contribution in [0.15, 0.2) is 84.0 Å². The quantitative estimate of drug-likeness (QED) is 0.0712. The van der Waals surface area contributed by atoms with Crippen LogP contribution in [0.1, 0.15) is 40.0 Å². The van der Waals surface area contributed by atoms with Crippen LogP contribution in [0, 0.1) is 17.3 Å². The van der Waals surface area contributed by atoms with E-state index in [2.05, 4.69) is 75.9 Å². The van der Waals surface area contributed by atoms with Crippen LogP contribution in [0.25, 0.3) is 0 Å². The van der Waals surface area contributed by atoms with E-state index in [1.807, 2.05) is 12.1 Å². The van der Waals surface area contributed by atoms with Crippen molar-refractivity contribution < 1.29 is 38.0 Å². The van der Waals surface area contributed by atoms with Gasteiger partial charge >= 0.3 is 5.97 Å². The molecule has 0 aromatic heterocycles. The lowest BCUT2D eigenvalue weighted by Crippen LogP contribution is -2.66. The smallest absolute Gasteiger partial charge is 0.333 e. The molecule has 4 rings (SSSR count). The molecule has 0 amide bonds. The molecule has 45 heavy (non-hydrogen) atoms. The molecule has 9 heteroatoms. The van der Waals surface area contributed by atoms with Crippen molar-refractivity contribution in [2.24, 2.45) is 17.3 Å².